The van der Waals surface area contributed by atoms with Crippen LogP contribution in [-0.4, -0.2) is 31.2 Å². The molecule has 138 valence electrons. The molecule has 2 rings (SSSR count). The van der Waals surface area contributed by atoms with Crippen LogP contribution in [0.2, 0.25) is 0 Å². The molecule has 1 atom stereocenters. The van der Waals surface area contributed by atoms with E-state index in [0.717, 1.165) is 6.42 Å². The van der Waals surface area contributed by atoms with Crippen LogP contribution < -0.4 is 5.32 Å². The number of sulfone groups is 1. The second-order valence-corrected chi connectivity index (χ2v) is 7.96. The summed E-state index contributed by atoms with van der Waals surface area (Å²) in [5.41, 5.74) is 0.647. The molecule has 0 unspecified atom stereocenters. The maximum Gasteiger partial charge on any atom is 0.330 e. The normalized spacial score (nSPS) is 12.3. The largest absolute Gasteiger partial charge is 0.479 e. The molecule has 0 saturated carbocycles. The maximum atomic E-state index is 12.3. The molecule has 0 bridgehead atoms. The third-order valence-electron chi connectivity index (χ3n) is 3.90. The van der Waals surface area contributed by atoms with Crippen molar-refractivity contribution in [3.05, 3.63) is 65.7 Å². The van der Waals surface area contributed by atoms with Crippen molar-refractivity contribution in [2.45, 2.75) is 30.7 Å². The fourth-order valence-electron chi connectivity index (χ4n) is 2.41. The van der Waals surface area contributed by atoms with Gasteiger partial charge in [0.15, 0.2) is 15.9 Å². The third-order valence-corrected chi connectivity index (χ3v) is 5.71. The molecule has 0 aliphatic heterocycles. The molecule has 0 radical (unpaired) electrons. The van der Waals surface area contributed by atoms with Crippen LogP contribution in [0.15, 0.2) is 59.5 Å². The predicted molar refractivity (Wildman–Crippen MR) is 97.7 cm³/mol. The van der Waals surface area contributed by atoms with E-state index in [2.05, 4.69) is 5.32 Å². The van der Waals surface area contributed by atoms with E-state index in [4.69, 9.17) is 0 Å². The molecule has 2 aromatic rings. The van der Waals surface area contributed by atoms with Gasteiger partial charge in [-0.05, 0) is 36.2 Å². The smallest absolute Gasteiger partial charge is 0.330 e. The van der Waals surface area contributed by atoms with Gasteiger partial charge in [0, 0.05) is 5.56 Å². The highest BCUT2D eigenvalue weighted by Crippen LogP contribution is 2.16. The van der Waals surface area contributed by atoms with E-state index >= 15 is 0 Å². The van der Waals surface area contributed by atoms with Gasteiger partial charge in [-0.2, -0.15) is 0 Å². The van der Waals surface area contributed by atoms with E-state index in [0.29, 0.717) is 12.0 Å². The van der Waals surface area contributed by atoms with E-state index < -0.39 is 27.8 Å². The highest BCUT2D eigenvalue weighted by molar-refractivity contribution is 7.91. The standard InChI is InChI=1S/C19H21NO5S/c1-2-3-13-26(24,25)16-11-9-15(10-12-16)18(21)20-17(19(22)23)14-7-5-4-6-8-14/h4-12,17H,2-3,13H2,1H3,(H,20,21)(H,22,23)/t17-/m0/s1. The number of carboxylic acids is 1. The first kappa shape index (κ1) is 19.7. The van der Waals surface area contributed by atoms with Gasteiger partial charge in [0.1, 0.15) is 0 Å². The minimum absolute atomic E-state index is 0.0597. The Morgan fingerprint density at radius 2 is 1.65 bits per heavy atom. The molecule has 0 aromatic heterocycles. The van der Waals surface area contributed by atoms with Crippen molar-refractivity contribution >= 4 is 21.7 Å². The number of rotatable bonds is 8. The third kappa shape index (κ3) is 4.92. The lowest BCUT2D eigenvalue weighted by molar-refractivity contribution is -0.139. The monoisotopic (exact) mass is 375 g/mol. The number of amides is 1. The van der Waals surface area contributed by atoms with E-state index in [1.54, 1.807) is 30.3 Å². The second-order valence-electron chi connectivity index (χ2n) is 5.85. The number of carbonyl (C=O) groups is 2. The Kier molecular flexibility index (Phi) is 6.52. The van der Waals surface area contributed by atoms with Crippen LogP contribution in [0.3, 0.4) is 0 Å². The van der Waals surface area contributed by atoms with Gasteiger partial charge < -0.3 is 10.4 Å². The lowest BCUT2D eigenvalue weighted by Crippen LogP contribution is -2.33. The Bertz CT molecular complexity index is 861. The fraction of sp³-hybridized carbons (Fsp3) is 0.263. The van der Waals surface area contributed by atoms with Gasteiger partial charge in [0.05, 0.1) is 10.6 Å². The van der Waals surface area contributed by atoms with Crippen molar-refractivity contribution in [3.63, 3.8) is 0 Å². The molecule has 0 saturated heterocycles. The van der Waals surface area contributed by atoms with E-state index in [1.165, 1.54) is 24.3 Å². The first-order valence-corrected chi connectivity index (χ1v) is 9.92. The summed E-state index contributed by atoms with van der Waals surface area (Å²) in [5.74, 6) is -1.70. The number of benzene rings is 2. The van der Waals surface area contributed by atoms with Crippen molar-refractivity contribution in [3.8, 4) is 0 Å². The number of nitrogens with one attached hydrogen (secondary N) is 1. The van der Waals surface area contributed by atoms with Crippen LogP contribution in [-0.2, 0) is 14.6 Å². The average molecular weight is 375 g/mol. The number of carboxylic acid groups (broad SMARTS) is 1. The maximum absolute atomic E-state index is 12.3. The molecule has 0 heterocycles. The zero-order chi connectivity index (χ0) is 19.2. The summed E-state index contributed by atoms with van der Waals surface area (Å²) in [7, 11) is -3.37. The van der Waals surface area contributed by atoms with E-state index in [9.17, 15) is 23.1 Å². The molecule has 0 fully saturated rings. The molecular weight excluding hydrogens is 354 g/mol. The number of hydrogen-bond acceptors (Lipinski definition) is 4. The number of carbonyl (C=O) groups excluding carboxylic acids is 1. The van der Waals surface area contributed by atoms with Crippen LogP contribution in [0.25, 0.3) is 0 Å². The number of aliphatic carboxylic acids is 1. The Morgan fingerprint density at radius 1 is 1.04 bits per heavy atom. The average Bonchev–Trinajstić information content (AvgIpc) is 2.65. The molecule has 1 amide bonds. The Balaban J connectivity index is 2.15. The van der Waals surface area contributed by atoms with Gasteiger partial charge in [-0.15, -0.1) is 0 Å². The quantitative estimate of drug-likeness (QED) is 0.739. The minimum atomic E-state index is -3.37. The van der Waals surface area contributed by atoms with Crippen LogP contribution in [0.1, 0.15) is 41.7 Å². The summed E-state index contributed by atoms with van der Waals surface area (Å²) < 4.78 is 24.3. The SMILES string of the molecule is CCCCS(=O)(=O)c1ccc(C(=O)N[C@H](C(=O)O)c2ccccc2)cc1. The van der Waals surface area contributed by atoms with Crippen molar-refractivity contribution in [1.29, 1.82) is 0 Å². The van der Waals surface area contributed by atoms with Crippen molar-refractivity contribution in [2.75, 3.05) is 5.75 Å². The van der Waals surface area contributed by atoms with Gasteiger partial charge in [-0.3, -0.25) is 4.79 Å². The van der Waals surface area contributed by atoms with Gasteiger partial charge in [-0.25, -0.2) is 13.2 Å². The summed E-state index contributed by atoms with van der Waals surface area (Å²) in [4.78, 5) is 24.0. The van der Waals surface area contributed by atoms with Gasteiger partial charge in [0.2, 0.25) is 0 Å². The molecule has 6 nitrogen and oxygen atoms in total. The molecule has 0 aliphatic carbocycles. The van der Waals surface area contributed by atoms with Crippen LogP contribution in [0.4, 0.5) is 0 Å². The highest BCUT2D eigenvalue weighted by Gasteiger charge is 2.23. The van der Waals surface area contributed by atoms with Crippen molar-refractivity contribution in [1.82, 2.24) is 5.32 Å². The first-order valence-electron chi connectivity index (χ1n) is 8.26. The highest BCUT2D eigenvalue weighted by atomic mass is 32.2. The van der Waals surface area contributed by atoms with Crippen LogP contribution in [0.5, 0.6) is 0 Å². The Hall–Kier alpha value is -2.67. The number of unbranched alkanes of at least 4 members (excludes halogenated alkanes) is 1. The van der Waals surface area contributed by atoms with E-state index in [1.807, 2.05) is 6.92 Å². The Labute approximate surface area is 152 Å². The van der Waals surface area contributed by atoms with Crippen molar-refractivity contribution in [2.24, 2.45) is 0 Å². The molecular formula is C19H21NO5S. The molecule has 7 heteroatoms. The first-order chi connectivity index (χ1) is 12.3. The fourth-order valence-corrected chi connectivity index (χ4v) is 3.87. The summed E-state index contributed by atoms with van der Waals surface area (Å²) in [6, 6.07) is 12.7. The van der Waals surface area contributed by atoms with Crippen LogP contribution in [0, 0.1) is 0 Å². The summed E-state index contributed by atoms with van der Waals surface area (Å²) >= 11 is 0. The molecule has 26 heavy (non-hydrogen) atoms. The molecule has 0 spiro atoms. The van der Waals surface area contributed by atoms with Gasteiger partial charge in [-0.1, -0.05) is 43.7 Å². The zero-order valence-electron chi connectivity index (χ0n) is 14.4. The molecule has 0 aliphatic rings. The Morgan fingerprint density at radius 3 is 2.19 bits per heavy atom. The molecule has 2 N–H and O–H groups in total. The van der Waals surface area contributed by atoms with Crippen molar-refractivity contribution < 1.29 is 23.1 Å². The predicted octanol–water partition coefficient (Wildman–Crippen LogP) is 2.82. The molecule has 2 aromatic carbocycles. The summed E-state index contributed by atoms with van der Waals surface area (Å²) in [6.45, 7) is 1.91. The zero-order valence-corrected chi connectivity index (χ0v) is 15.2. The topological polar surface area (TPSA) is 101 Å². The van der Waals surface area contributed by atoms with E-state index in [-0.39, 0.29) is 16.2 Å². The van der Waals surface area contributed by atoms with Crippen LogP contribution >= 0.6 is 0 Å². The number of hydrogen-bond donors (Lipinski definition) is 2. The second kappa shape index (κ2) is 8.62. The van der Waals surface area contributed by atoms with Gasteiger partial charge >= 0.3 is 5.97 Å². The summed E-state index contributed by atoms with van der Waals surface area (Å²) in [5, 5.41) is 11.8. The lowest BCUT2D eigenvalue weighted by atomic mass is 10.1. The lowest BCUT2D eigenvalue weighted by Gasteiger charge is -2.15. The van der Waals surface area contributed by atoms with Gasteiger partial charge in [0.25, 0.3) is 5.91 Å². The summed E-state index contributed by atoms with van der Waals surface area (Å²) in [6.07, 6.45) is 1.34. The minimum Gasteiger partial charge on any atom is -0.479 e.